The standard InChI is InChI=1S/C30H33FN6O4S/c1-35(2)26-7-9-37(10-8-26)42(39,40)28-12-22(5-6-27(28)31)30(38)34-29-13-24-11-21(3-4-23(24)14-32-29)25-15-33-36(17-25)16-20-18-41-19-20/h3-6,11-15,17,20,26H,7-10,16,18-19H2,1-2H3,(H,32,34,38). The zero-order chi connectivity index (χ0) is 29.4. The molecule has 12 heteroatoms. The van der Waals surface area contributed by atoms with Gasteiger partial charge in [-0.05, 0) is 68.2 Å². The number of fused-ring (bicyclic) bond motifs is 1. The third kappa shape index (κ3) is 5.80. The lowest BCUT2D eigenvalue weighted by Gasteiger charge is -2.34. The lowest BCUT2D eigenvalue weighted by atomic mass is 10.0. The molecule has 42 heavy (non-hydrogen) atoms. The van der Waals surface area contributed by atoms with Crippen molar-refractivity contribution in [1.82, 2.24) is 24.0 Å². The molecule has 10 nitrogen and oxygen atoms in total. The molecule has 2 saturated heterocycles. The molecule has 0 spiro atoms. The molecule has 2 aliphatic rings. The zero-order valence-electron chi connectivity index (χ0n) is 23.5. The number of piperidine rings is 1. The Hall–Kier alpha value is -3.71. The van der Waals surface area contributed by atoms with Crippen molar-refractivity contribution in [2.75, 3.05) is 45.7 Å². The van der Waals surface area contributed by atoms with E-state index in [1.54, 1.807) is 12.3 Å². The van der Waals surface area contributed by atoms with Gasteiger partial charge in [-0.3, -0.25) is 9.48 Å². The number of anilines is 1. The van der Waals surface area contributed by atoms with Gasteiger partial charge in [-0.25, -0.2) is 17.8 Å². The number of carbonyl (C=O) groups excluding carboxylic acids is 1. The molecule has 2 aromatic heterocycles. The predicted octanol–water partition coefficient (Wildman–Crippen LogP) is 3.85. The van der Waals surface area contributed by atoms with Crippen molar-refractivity contribution in [2.45, 2.75) is 30.3 Å². The maximum absolute atomic E-state index is 14.8. The first-order valence-corrected chi connectivity index (χ1v) is 15.4. The van der Waals surface area contributed by atoms with E-state index in [0.29, 0.717) is 37.7 Å². The van der Waals surface area contributed by atoms with Crippen LogP contribution in [-0.4, -0.2) is 84.7 Å². The molecule has 6 rings (SSSR count). The van der Waals surface area contributed by atoms with Crippen LogP contribution in [0.1, 0.15) is 23.2 Å². The highest BCUT2D eigenvalue weighted by Gasteiger charge is 2.32. The largest absolute Gasteiger partial charge is 0.381 e. The summed E-state index contributed by atoms with van der Waals surface area (Å²) in [6.07, 6.45) is 6.80. The second-order valence-electron chi connectivity index (χ2n) is 11.2. The average Bonchev–Trinajstić information content (AvgIpc) is 3.43. The number of hydrogen-bond donors (Lipinski definition) is 1. The maximum atomic E-state index is 14.8. The van der Waals surface area contributed by atoms with E-state index in [2.05, 4.69) is 20.3 Å². The van der Waals surface area contributed by atoms with Crippen LogP contribution in [0.5, 0.6) is 0 Å². The summed E-state index contributed by atoms with van der Waals surface area (Å²) in [6.45, 7) is 2.92. The van der Waals surface area contributed by atoms with Gasteiger partial charge in [-0.1, -0.05) is 12.1 Å². The molecular formula is C30H33FN6O4S. The molecule has 4 aromatic rings. The van der Waals surface area contributed by atoms with Crippen molar-refractivity contribution in [2.24, 2.45) is 5.92 Å². The van der Waals surface area contributed by atoms with Crippen molar-refractivity contribution in [1.29, 1.82) is 0 Å². The maximum Gasteiger partial charge on any atom is 0.256 e. The van der Waals surface area contributed by atoms with E-state index in [9.17, 15) is 17.6 Å². The number of sulfonamides is 1. The first-order valence-electron chi connectivity index (χ1n) is 14.0. The summed E-state index contributed by atoms with van der Waals surface area (Å²) in [6, 6.07) is 11.4. The highest BCUT2D eigenvalue weighted by Crippen LogP contribution is 2.28. The topological polar surface area (TPSA) is 110 Å². The van der Waals surface area contributed by atoms with Crippen LogP contribution >= 0.6 is 0 Å². The molecule has 2 aliphatic heterocycles. The number of rotatable bonds is 8. The van der Waals surface area contributed by atoms with Gasteiger partial charge in [0.25, 0.3) is 5.91 Å². The number of pyridine rings is 1. The summed E-state index contributed by atoms with van der Waals surface area (Å²) < 4.78 is 49.9. The van der Waals surface area contributed by atoms with E-state index in [-0.39, 0.29) is 11.6 Å². The highest BCUT2D eigenvalue weighted by atomic mass is 32.2. The van der Waals surface area contributed by atoms with Crippen molar-refractivity contribution in [3.05, 3.63) is 72.4 Å². The first kappa shape index (κ1) is 28.4. The Kier molecular flexibility index (Phi) is 7.79. The van der Waals surface area contributed by atoms with Crippen molar-refractivity contribution >= 4 is 32.5 Å². The molecule has 2 fully saturated rings. The van der Waals surface area contributed by atoms with Crippen molar-refractivity contribution in [3.8, 4) is 11.1 Å². The minimum Gasteiger partial charge on any atom is -0.381 e. The third-order valence-corrected chi connectivity index (χ3v) is 9.96. The van der Waals surface area contributed by atoms with E-state index in [1.807, 2.05) is 49.4 Å². The quantitative estimate of drug-likeness (QED) is 0.331. The van der Waals surface area contributed by atoms with Crippen LogP contribution < -0.4 is 5.32 Å². The number of carbonyl (C=O) groups is 1. The Bertz CT molecular complexity index is 1730. The van der Waals surface area contributed by atoms with Crippen LogP contribution in [0.2, 0.25) is 0 Å². The number of aromatic nitrogens is 3. The summed E-state index contributed by atoms with van der Waals surface area (Å²) in [5, 5.41) is 8.96. The Morgan fingerprint density at radius 1 is 1.05 bits per heavy atom. The van der Waals surface area contributed by atoms with E-state index in [0.717, 1.165) is 53.8 Å². The molecular weight excluding hydrogens is 559 g/mol. The summed E-state index contributed by atoms with van der Waals surface area (Å²) in [5.74, 6) is -0.682. The van der Waals surface area contributed by atoms with Gasteiger partial charge >= 0.3 is 0 Å². The fourth-order valence-corrected chi connectivity index (χ4v) is 6.98. The van der Waals surface area contributed by atoms with Crippen LogP contribution in [0.3, 0.4) is 0 Å². The monoisotopic (exact) mass is 592 g/mol. The molecule has 0 radical (unpaired) electrons. The smallest absolute Gasteiger partial charge is 0.256 e. The minimum absolute atomic E-state index is 0.0260. The zero-order valence-corrected chi connectivity index (χ0v) is 24.3. The van der Waals surface area contributed by atoms with E-state index < -0.39 is 26.6 Å². The van der Waals surface area contributed by atoms with Crippen LogP contribution in [0.15, 0.2) is 66.0 Å². The van der Waals surface area contributed by atoms with Crippen LogP contribution in [0.25, 0.3) is 21.9 Å². The van der Waals surface area contributed by atoms with Gasteiger partial charge in [0.1, 0.15) is 16.5 Å². The van der Waals surface area contributed by atoms with Crippen LogP contribution in [-0.2, 0) is 21.3 Å². The first-order chi connectivity index (χ1) is 20.2. The molecule has 0 saturated carbocycles. The molecule has 1 N–H and O–H groups in total. The van der Waals surface area contributed by atoms with Gasteiger partial charge in [0.15, 0.2) is 0 Å². The number of amides is 1. The lowest BCUT2D eigenvalue weighted by Crippen LogP contribution is -2.44. The van der Waals surface area contributed by atoms with E-state index in [4.69, 9.17) is 4.74 Å². The molecule has 0 bridgehead atoms. The average molecular weight is 593 g/mol. The second-order valence-corrected chi connectivity index (χ2v) is 13.1. The van der Waals surface area contributed by atoms with Gasteiger partial charge in [0.2, 0.25) is 10.0 Å². The van der Waals surface area contributed by atoms with Gasteiger partial charge in [0, 0.05) is 60.5 Å². The van der Waals surface area contributed by atoms with Crippen LogP contribution in [0, 0.1) is 11.7 Å². The fourth-order valence-electron chi connectivity index (χ4n) is 5.42. The number of ether oxygens (including phenoxy) is 1. The number of hydrogen-bond acceptors (Lipinski definition) is 7. The molecule has 2 aromatic carbocycles. The van der Waals surface area contributed by atoms with E-state index in [1.165, 1.54) is 10.4 Å². The SMILES string of the molecule is CN(C)C1CCN(S(=O)(=O)c2cc(C(=O)Nc3cc4cc(-c5cnn(CC6COC6)c5)ccc4cn3)ccc2F)CC1. The molecule has 0 atom stereocenters. The summed E-state index contributed by atoms with van der Waals surface area (Å²) >= 11 is 0. The normalized spacial score (nSPS) is 17.0. The number of benzene rings is 2. The summed E-state index contributed by atoms with van der Waals surface area (Å²) in [7, 11) is -0.181. The van der Waals surface area contributed by atoms with Gasteiger partial charge in [-0.15, -0.1) is 0 Å². The number of halogens is 1. The predicted molar refractivity (Wildman–Crippen MR) is 157 cm³/mol. The number of nitrogens with zero attached hydrogens (tertiary/aromatic N) is 5. The molecule has 1 amide bonds. The Balaban J connectivity index is 1.19. The van der Waals surface area contributed by atoms with Gasteiger partial charge in [0.05, 0.1) is 19.4 Å². The third-order valence-electron chi connectivity index (χ3n) is 8.05. The highest BCUT2D eigenvalue weighted by molar-refractivity contribution is 7.89. The van der Waals surface area contributed by atoms with E-state index >= 15 is 0 Å². The molecule has 0 aliphatic carbocycles. The second kappa shape index (κ2) is 11.5. The Morgan fingerprint density at radius 2 is 1.83 bits per heavy atom. The Labute approximate surface area is 244 Å². The lowest BCUT2D eigenvalue weighted by molar-refractivity contribution is -0.0408. The molecule has 4 heterocycles. The Morgan fingerprint density at radius 3 is 2.55 bits per heavy atom. The van der Waals surface area contributed by atoms with Crippen molar-refractivity contribution < 1.29 is 22.3 Å². The van der Waals surface area contributed by atoms with Gasteiger partial charge in [-0.2, -0.15) is 9.40 Å². The summed E-state index contributed by atoms with van der Waals surface area (Å²) in [4.78, 5) is 19.0. The molecule has 0 unspecified atom stereocenters. The number of nitrogens with one attached hydrogen (secondary N) is 1. The minimum atomic E-state index is -4.10. The fraction of sp³-hybridized carbons (Fsp3) is 0.367. The van der Waals surface area contributed by atoms with Crippen LogP contribution in [0.4, 0.5) is 10.2 Å². The summed E-state index contributed by atoms with van der Waals surface area (Å²) in [5.41, 5.74) is 1.98. The van der Waals surface area contributed by atoms with Gasteiger partial charge < -0.3 is 15.0 Å². The van der Waals surface area contributed by atoms with Crippen molar-refractivity contribution in [3.63, 3.8) is 0 Å². The molecule has 220 valence electrons.